The highest BCUT2D eigenvalue weighted by Crippen LogP contribution is 2.51. The SMILES string of the molecule is Cc1ccc(C2CC2C(=O)NC2C3CCC(C3)C2CO)s1. The lowest BCUT2D eigenvalue weighted by atomic mass is 9.85. The van der Waals surface area contributed by atoms with Gasteiger partial charge < -0.3 is 10.4 Å². The summed E-state index contributed by atoms with van der Waals surface area (Å²) in [6.45, 7) is 2.34. The molecule has 1 amide bonds. The molecular formula is C17H23NO2S. The highest BCUT2D eigenvalue weighted by molar-refractivity contribution is 7.12. The summed E-state index contributed by atoms with van der Waals surface area (Å²) in [5.74, 6) is 2.38. The van der Waals surface area contributed by atoms with Crippen LogP contribution in [0.1, 0.15) is 41.4 Å². The number of carbonyl (C=O) groups is 1. The number of nitrogens with one attached hydrogen (secondary N) is 1. The fourth-order valence-corrected chi connectivity index (χ4v) is 5.68. The first-order valence-corrected chi connectivity index (χ1v) is 8.96. The molecule has 4 rings (SSSR count). The van der Waals surface area contributed by atoms with Gasteiger partial charge >= 0.3 is 0 Å². The predicted molar refractivity (Wildman–Crippen MR) is 83.2 cm³/mol. The Morgan fingerprint density at radius 1 is 1.33 bits per heavy atom. The van der Waals surface area contributed by atoms with Gasteiger partial charge in [0, 0.05) is 40.2 Å². The Bertz CT molecular complexity index is 555. The maximum absolute atomic E-state index is 12.5. The highest BCUT2D eigenvalue weighted by Gasteiger charge is 2.50. The third-order valence-corrected chi connectivity index (χ3v) is 6.99. The first-order valence-electron chi connectivity index (χ1n) is 8.15. The number of rotatable bonds is 4. The van der Waals surface area contributed by atoms with Gasteiger partial charge in [-0.15, -0.1) is 11.3 Å². The Labute approximate surface area is 129 Å². The molecule has 3 aliphatic carbocycles. The summed E-state index contributed by atoms with van der Waals surface area (Å²) >= 11 is 1.82. The van der Waals surface area contributed by atoms with Gasteiger partial charge in [0.05, 0.1) is 0 Å². The minimum Gasteiger partial charge on any atom is -0.396 e. The lowest BCUT2D eigenvalue weighted by molar-refractivity contribution is -0.124. The molecule has 3 aliphatic rings. The molecule has 6 atom stereocenters. The molecule has 114 valence electrons. The van der Waals surface area contributed by atoms with Crippen molar-refractivity contribution in [2.45, 2.75) is 44.6 Å². The maximum atomic E-state index is 12.5. The van der Waals surface area contributed by atoms with E-state index in [0.717, 1.165) is 6.42 Å². The molecule has 21 heavy (non-hydrogen) atoms. The van der Waals surface area contributed by atoms with Crippen LogP contribution in [0, 0.1) is 30.6 Å². The van der Waals surface area contributed by atoms with Crippen LogP contribution >= 0.6 is 11.3 Å². The summed E-state index contributed by atoms with van der Waals surface area (Å²) in [6, 6.07) is 4.55. The monoisotopic (exact) mass is 305 g/mol. The molecule has 2 N–H and O–H groups in total. The number of hydrogen-bond acceptors (Lipinski definition) is 3. The van der Waals surface area contributed by atoms with Crippen LogP contribution in [0.3, 0.4) is 0 Å². The number of aliphatic hydroxyl groups excluding tert-OH is 1. The smallest absolute Gasteiger partial charge is 0.224 e. The van der Waals surface area contributed by atoms with Crippen LogP contribution in [0.5, 0.6) is 0 Å². The number of fused-ring (bicyclic) bond motifs is 2. The average Bonchev–Trinajstić information content (AvgIpc) is 2.82. The molecule has 3 fully saturated rings. The molecule has 0 aromatic carbocycles. The molecule has 0 saturated heterocycles. The van der Waals surface area contributed by atoms with E-state index < -0.39 is 0 Å². The van der Waals surface area contributed by atoms with Gasteiger partial charge in [-0.2, -0.15) is 0 Å². The summed E-state index contributed by atoms with van der Waals surface area (Å²) in [5.41, 5.74) is 0. The molecular weight excluding hydrogens is 282 g/mol. The van der Waals surface area contributed by atoms with Crippen LogP contribution in [0.15, 0.2) is 12.1 Å². The molecule has 0 radical (unpaired) electrons. The molecule has 0 aliphatic heterocycles. The van der Waals surface area contributed by atoms with Crippen LogP contribution in [0.2, 0.25) is 0 Å². The van der Waals surface area contributed by atoms with E-state index in [9.17, 15) is 9.90 Å². The van der Waals surface area contributed by atoms with Crippen molar-refractivity contribution in [1.82, 2.24) is 5.32 Å². The van der Waals surface area contributed by atoms with E-state index in [-0.39, 0.29) is 24.5 Å². The summed E-state index contributed by atoms with van der Waals surface area (Å²) in [6.07, 6.45) is 4.66. The van der Waals surface area contributed by atoms with Gasteiger partial charge in [0.2, 0.25) is 5.91 Å². The van der Waals surface area contributed by atoms with Crippen LogP contribution in [-0.4, -0.2) is 23.7 Å². The minimum atomic E-state index is 0.168. The highest BCUT2D eigenvalue weighted by atomic mass is 32.1. The van der Waals surface area contributed by atoms with Crippen molar-refractivity contribution < 1.29 is 9.90 Å². The number of amides is 1. The number of aliphatic hydroxyl groups is 1. The van der Waals surface area contributed by atoms with Crippen molar-refractivity contribution >= 4 is 17.2 Å². The largest absolute Gasteiger partial charge is 0.396 e. The van der Waals surface area contributed by atoms with Gasteiger partial charge in [0.1, 0.15) is 0 Å². The first kappa shape index (κ1) is 13.8. The van der Waals surface area contributed by atoms with Crippen LogP contribution in [0.4, 0.5) is 0 Å². The zero-order valence-corrected chi connectivity index (χ0v) is 13.2. The minimum absolute atomic E-state index is 0.168. The summed E-state index contributed by atoms with van der Waals surface area (Å²) < 4.78 is 0. The molecule has 0 spiro atoms. The number of hydrogen-bond donors (Lipinski definition) is 2. The molecule has 1 aromatic rings. The fraction of sp³-hybridized carbons (Fsp3) is 0.706. The lowest BCUT2D eigenvalue weighted by Gasteiger charge is -2.30. The molecule has 1 heterocycles. The second kappa shape index (κ2) is 5.10. The van der Waals surface area contributed by atoms with Gasteiger partial charge in [-0.25, -0.2) is 0 Å². The second-order valence-corrected chi connectivity index (χ2v) is 8.43. The maximum Gasteiger partial charge on any atom is 0.224 e. The van der Waals surface area contributed by atoms with Crippen molar-refractivity contribution in [2.24, 2.45) is 23.7 Å². The molecule has 4 heteroatoms. The predicted octanol–water partition coefficient (Wildman–Crippen LogP) is 2.68. The number of carbonyl (C=O) groups excluding carboxylic acids is 1. The first-order chi connectivity index (χ1) is 10.2. The van der Waals surface area contributed by atoms with Crippen molar-refractivity contribution in [1.29, 1.82) is 0 Å². The van der Waals surface area contributed by atoms with Crippen molar-refractivity contribution in [2.75, 3.05) is 6.61 Å². The van der Waals surface area contributed by atoms with Gasteiger partial charge in [0.25, 0.3) is 0 Å². The Morgan fingerprint density at radius 3 is 2.86 bits per heavy atom. The summed E-state index contributed by atoms with van der Waals surface area (Å²) in [5, 5.41) is 12.9. The Balaban J connectivity index is 1.39. The third kappa shape index (κ3) is 2.33. The average molecular weight is 305 g/mol. The Hall–Kier alpha value is -0.870. The number of thiophene rings is 1. The summed E-state index contributed by atoms with van der Waals surface area (Å²) in [4.78, 5) is 15.2. The lowest BCUT2D eigenvalue weighted by Crippen LogP contribution is -2.45. The van der Waals surface area contributed by atoms with E-state index >= 15 is 0 Å². The van der Waals surface area contributed by atoms with Crippen molar-refractivity contribution in [3.63, 3.8) is 0 Å². The third-order valence-electron chi connectivity index (χ3n) is 5.86. The van der Waals surface area contributed by atoms with E-state index in [1.807, 2.05) is 11.3 Å². The van der Waals surface area contributed by atoms with E-state index in [4.69, 9.17) is 0 Å². The zero-order valence-electron chi connectivity index (χ0n) is 12.4. The van der Waals surface area contributed by atoms with Crippen molar-refractivity contribution in [3.8, 4) is 0 Å². The zero-order chi connectivity index (χ0) is 14.6. The second-order valence-electron chi connectivity index (χ2n) is 7.11. The van der Waals surface area contributed by atoms with E-state index in [0.29, 0.717) is 23.7 Å². The standard InChI is InChI=1S/C17H23NO2S/c1-9-2-5-15(21-9)12-7-13(12)17(20)18-16-11-4-3-10(6-11)14(16)8-19/h2,5,10-14,16,19H,3-4,6-8H2,1H3,(H,18,20). The molecule has 6 unspecified atom stereocenters. The quantitative estimate of drug-likeness (QED) is 0.898. The topological polar surface area (TPSA) is 49.3 Å². The van der Waals surface area contributed by atoms with Gasteiger partial charge in [0.15, 0.2) is 0 Å². The Kier molecular flexibility index (Phi) is 3.34. The van der Waals surface area contributed by atoms with Crippen molar-refractivity contribution in [3.05, 3.63) is 21.9 Å². The van der Waals surface area contributed by atoms with E-state index in [1.165, 1.54) is 29.0 Å². The van der Waals surface area contributed by atoms with E-state index in [1.54, 1.807) is 0 Å². The van der Waals surface area contributed by atoms with Crippen LogP contribution in [-0.2, 0) is 4.79 Å². The van der Waals surface area contributed by atoms with Gasteiger partial charge in [-0.1, -0.05) is 0 Å². The molecule has 1 aromatic heterocycles. The molecule has 3 nitrogen and oxygen atoms in total. The van der Waals surface area contributed by atoms with E-state index in [2.05, 4.69) is 24.4 Å². The van der Waals surface area contributed by atoms with Crippen LogP contribution < -0.4 is 5.32 Å². The van der Waals surface area contributed by atoms with Gasteiger partial charge in [-0.05, 0) is 56.6 Å². The Morgan fingerprint density at radius 2 is 2.14 bits per heavy atom. The summed E-state index contributed by atoms with van der Waals surface area (Å²) in [7, 11) is 0. The van der Waals surface area contributed by atoms with Gasteiger partial charge in [-0.3, -0.25) is 4.79 Å². The molecule has 3 saturated carbocycles. The fourth-order valence-electron chi connectivity index (χ4n) is 4.62. The van der Waals surface area contributed by atoms with Crippen LogP contribution in [0.25, 0.3) is 0 Å². The number of aryl methyl sites for hydroxylation is 1. The normalized spacial score (nSPS) is 40.5. The molecule has 2 bridgehead atoms.